The summed E-state index contributed by atoms with van der Waals surface area (Å²) in [5.74, 6) is -1.84. The van der Waals surface area contributed by atoms with Crippen molar-refractivity contribution in [2.45, 2.75) is 19.6 Å². The maximum atomic E-state index is 10.4. The summed E-state index contributed by atoms with van der Waals surface area (Å²) < 4.78 is 4.48. The molecule has 1 aliphatic rings. The molecular formula is C6H8O3. The zero-order chi connectivity index (χ0) is 7.07. The van der Waals surface area contributed by atoms with Gasteiger partial charge in [0.2, 0.25) is 5.79 Å². The van der Waals surface area contributed by atoms with Crippen LogP contribution in [0.5, 0.6) is 0 Å². The minimum atomic E-state index is -1.36. The number of cyclic esters (lactones) is 1. The van der Waals surface area contributed by atoms with Gasteiger partial charge < -0.3 is 9.84 Å². The molecule has 3 heteroatoms. The highest BCUT2D eigenvalue weighted by Crippen LogP contribution is 2.23. The van der Waals surface area contributed by atoms with Gasteiger partial charge in [0.1, 0.15) is 0 Å². The highest BCUT2D eigenvalue weighted by molar-refractivity contribution is 5.86. The number of rotatable bonds is 0. The molecule has 0 radical (unpaired) electrons. The SMILES string of the molecule is CC1=CC(=O)OC1(C)O. The number of carbonyl (C=O) groups excluding carboxylic acids is 1. The van der Waals surface area contributed by atoms with E-state index in [4.69, 9.17) is 5.11 Å². The molecule has 0 amide bonds. The number of hydrogen-bond donors (Lipinski definition) is 1. The van der Waals surface area contributed by atoms with Gasteiger partial charge in [-0.1, -0.05) is 0 Å². The third-order valence-corrected chi connectivity index (χ3v) is 1.37. The van der Waals surface area contributed by atoms with Crippen LogP contribution in [0.3, 0.4) is 0 Å². The molecule has 1 heterocycles. The molecule has 1 aliphatic heterocycles. The molecule has 0 aliphatic carbocycles. The van der Waals surface area contributed by atoms with Gasteiger partial charge in [0.05, 0.1) is 0 Å². The van der Waals surface area contributed by atoms with Crippen LogP contribution in [0.4, 0.5) is 0 Å². The fourth-order valence-corrected chi connectivity index (χ4v) is 0.617. The monoisotopic (exact) mass is 128 g/mol. The van der Waals surface area contributed by atoms with Crippen LogP contribution < -0.4 is 0 Å². The average Bonchev–Trinajstić information content (AvgIpc) is 1.79. The third-order valence-electron chi connectivity index (χ3n) is 1.37. The van der Waals surface area contributed by atoms with Crippen molar-refractivity contribution in [3.05, 3.63) is 11.6 Å². The van der Waals surface area contributed by atoms with Crippen LogP contribution in [0, 0.1) is 0 Å². The van der Waals surface area contributed by atoms with Crippen LogP contribution in [0.1, 0.15) is 13.8 Å². The Morgan fingerprint density at radius 3 is 2.44 bits per heavy atom. The van der Waals surface area contributed by atoms with Crippen LogP contribution in [-0.2, 0) is 9.53 Å². The second kappa shape index (κ2) is 1.57. The number of carbonyl (C=O) groups is 1. The Balaban J connectivity index is 2.89. The molecule has 50 valence electrons. The molecule has 1 rings (SSSR count). The number of esters is 1. The normalized spacial score (nSPS) is 34.1. The number of aliphatic hydroxyl groups is 1. The molecule has 9 heavy (non-hydrogen) atoms. The van der Waals surface area contributed by atoms with E-state index in [1.807, 2.05) is 0 Å². The Labute approximate surface area is 52.9 Å². The summed E-state index contributed by atoms with van der Waals surface area (Å²) in [6.45, 7) is 3.08. The van der Waals surface area contributed by atoms with Gasteiger partial charge in [-0.05, 0) is 6.92 Å². The molecule has 3 nitrogen and oxygen atoms in total. The van der Waals surface area contributed by atoms with Gasteiger partial charge in [0, 0.05) is 18.6 Å². The first kappa shape index (κ1) is 6.29. The lowest BCUT2D eigenvalue weighted by Gasteiger charge is -2.16. The Morgan fingerprint density at radius 2 is 2.33 bits per heavy atom. The van der Waals surface area contributed by atoms with Crippen LogP contribution in [0.15, 0.2) is 11.6 Å². The van der Waals surface area contributed by atoms with Crippen molar-refractivity contribution in [3.63, 3.8) is 0 Å². The lowest BCUT2D eigenvalue weighted by molar-refractivity contribution is -0.174. The van der Waals surface area contributed by atoms with Crippen molar-refractivity contribution in [3.8, 4) is 0 Å². The van der Waals surface area contributed by atoms with Crippen LogP contribution in [0.2, 0.25) is 0 Å². The van der Waals surface area contributed by atoms with Gasteiger partial charge in [-0.3, -0.25) is 0 Å². The largest absolute Gasteiger partial charge is 0.426 e. The molecule has 0 bridgehead atoms. The topological polar surface area (TPSA) is 46.5 Å². The molecule has 0 fully saturated rings. The summed E-state index contributed by atoms with van der Waals surface area (Å²) in [4.78, 5) is 10.4. The van der Waals surface area contributed by atoms with Gasteiger partial charge in [-0.25, -0.2) is 4.79 Å². The van der Waals surface area contributed by atoms with E-state index < -0.39 is 11.8 Å². The second-order valence-electron chi connectivity index (χ2n) is 2.23. The first-order valence-electron chi connectivity index (χ1n) is 2.66. The summed E-state index contributed by atoms with van der Waals surface area (Å²) in [6, 6.07) is 0. The van der Waals surface area contributed by atoms with Crippen molar-refractivity contribution in [2.24, 2.45) is 0 Å². The number of hydrogen-bond acceptors (Lipinski definition) is 3. The van der Waals surface area contributed by atoms with Gasteiger partial charge in [0.15, 0.2) is 0 Å². The Morgan fingerprint density at radius 1 is 1.78 bits per heavy atom. The quantitative estimate of drug-likeness (QED) is 0.474. The van der Waals surface area contributed by atoms with E-state index in [0.717, 1.165) is 0 Å². The van der Waals surface area contributed by atoms with Crippen molar-refractivity contribution in [2.75, 3.05) is 0 Å². The summed E-state index contributed by atoms with van der Waals surface area (Å²) in [6.07, 6.45) is 1.28. The number of ether oxygens (including phenoxy) is 1. The van der Waals surface area contributed by atoms with E-state index in [9.17, 15) is 4.79 Å². The second-order valence-corrected chi connectivity index (χ2v) is 2.23. The first-order chi connectivity index (χ1) is 4.02. The molecule has 0 aromatic carbocycles. The van der Waals surface area contributed by atoms with Crippen LogP contribution >= 0.6 is 0 Å². The summed E-state index contributed by atoms with van der Waals surface area (Å²) in [5.41, 5.74) is 0.549. The summed E-state index contributed by atoms with van der Waals surface area (Å²) in [7, 11) is 0. The maximum Gasteiger partial charge on any atom is 0.333 e. The lowest BCUT2D eigenvalue weighted by Crippen LogP contribution is -2.25. The molecule has 0 aromatic heterocycles. The molecule has 1 unspecified atom stereocenters. The van der Waals surface area contributed by atoms with Gasteiger partial charge in [-0.15, -0.1) is 0 Å². The Kier molecular flexibility index (Phi) is 1.10. The molecule has 0 aromatic rings. The van der Waals surface area contributed by atoms with Crippen LogP contribution in [0.25, 0.3) is 0 Å². The van der Waals surface area contributed by atoms with E-state index in [2.05, 4.69) is 4.74 Å². The zero-order valence-corrected chi connectivity index (χ0v) is 5.34. The maximum absolute atomic E-state index is 10.4. The predicted octanol–water partition coefficient (Wildman–Crippen LogP) is 0.198. The van der Waals surface area contributed by atoms with E-state index in [0.29, 0.717) is 5.57 Å². The van der Waals surface area contributed by atoms with Crippen LogP contribution in [-0.4, -0.2) is 16.9 Å². The molecular weight excluding hydrogens is 120 g/mol. The summed E-state index contributed by atoms with van der Waals surface area (Å²) >= 11 is 0. The lowest BCUT2D eigenvalue weighted by atomic mass is 10.1. The highest BCUT2D eigenvalue weighted by atomic mass is 16.7. The fourth-order valence-electron chi connectivity index (χ4n) is 0.617. The van der Waals surface area contributed by atoms with Gasteiger partial charge in [0.25, 0.3) is 0 Å². The van der Waals surface area contributed by atoms with Crippen molar-refractivity contribution >= 4 is 5.97 Å². The van der Waals surface area contributed by atoms with Crippen molar-refractivity contribution in [1.82, 2.24) is 0 Å². The zero-order valence-electron chi connectivity index (χ0n) is 5.34. The predicted molar refractivity (Wildman–Crippen MR) is 30.5 cm³/mol. The molecule has 0 saturated heterocycles. The smallest absolute Gasteiger partial charge is 0.333 e. The van der Waals surface area contributed by atoms with E-state index >= 15 is 0 Å². The average molecular weight is 128 g/mol. The molecule has 1 atom stereocenters. The van der Waals surface area contributed by atoms with Crippen molar-refractivity contribution < 1.29 is 14.6 Å². The minimum absolute atomic E-state index is 0.475. The van der Waals surface area contributed by atoms with E-state index in [1.165, 1.54) is 13.0 Å². The van der Waals surface area contributed by atoms with Gasteiger partial charge in [-0.2, -0.15) is 0 Å². The van der Waals surface area contributed by atoms with E-state index in [1.54, 1.807) is 6.92 Å². The highest BCUT2D eigenvalue weighted by Gasteiger charge is 2.32. The third kappa shape index (κ3) is 0.954. The first-order valence-corrected chi connectivity index (χ1v) is 2.66. The standard InChI is InChI=1S/C6H8O3/c1-4-3-5(7)9-6(4,2)8/h3,8H,1-2H3. The van der Waals surface area contributed by atoms with Gasteiger partial charge >= 0.3 is 5.97 Å². The molecule has 1 N–H and O–H groups in total. The summed E-state index contributed by atoms with van der Waals surface area (Å²) in [5, 5.41) is 9.12. The molecule has 0 spiro atoms. The minimum Gasteiger partial charge on any atom is -0.426 e. The van der Waals surface area contributed by atoms with E-state index in [-0.39, 0.29) is 0 Å². The Hall–Kier alpha value is -0.830. The molecule has 0 saturated carbocycles. The Bertz CT molecular complexity index is 179. The fraction of sp³-hybridized carbons (Fsp3) is 0.500. The van der Waals surface area contributed by atoms with Crippen molar-refractivity contribution in [1.29, 1.82) is 0 Å².